The highest BCUT2D eigenvalue weighted by Gasteiger charge is 2.50. The molecule has 0 amide bonds. The van der Waals surface area contributed by atoms with E-state index in [4.69, 9.17) is 10.2 Å². The Hall–Kier alpha value is -5.13. The first-order valence-electron chi connectivity index (χ1n) is 13.3. The summed E-state index contributed by atoms with van der Waals surface area (Å²) >= 11 is 0. The summed E-state index contributed by atoms with van der Waals surface area (Å²) in [4.78, 5) is 20.9. The number of carboxylic acid groups (broad SMARTS) is 2. The fraction of sp³-hybridized carbons (Fsp3) is 0.0857. The Balaban J connectivity index is 0.000000273. The molecular weight excluding hydrogens is 563 g/mol. The van der Waals surface area contributed by atoms with E-state index >= 15 is 0 Å². The zero-order valence-electron chi connectivity index (χ0n) is 23.9. The second kappa shape index (κ2) is 12.8. The standard InChI is InChI=1S/C27H25O2P.C8H6O5/c1-19-4-11-23(12-5-19)30(24-13-6-20(2)7-14-24,25-15-8-21(3)9-16-25)27-18-22(28)10-17-26(27)29;9-4-1-2-5(7(10)11)6(3-4)8(12)13/h4-18H,1-3H3,(H-,28,29);1-3,9H,(H,10,11)(H,12,13). The summed E-state index contributed by atoms with van der Waals surface area (Å²) in [5.41, 5.74) is 2.69. The van der Waals surface area contributed by atoms with E-state index in [1.807, 2.05) is 0 Å². The lowest BCUT2D eigenvalue weighted by Crippen LogP contribution is -2.38. The molecule has 0 heterocycles. The normalized spacial score (nSPS) is 10.9. The van der Waals surface area contributed by atoms with Gasteiger partial charge >= 0.3 is 11.9 Å². The summed E-state index contributed by atoms with van der Waals surface area (Å²) in [6.07, 6.45) is 0. The minimum Gasteiger partial charge on any atom is -0.872 e. The van der Waals surface area contributed by atoms with Gasteiger partial charge in [-0.25, -0.2) is 9.59 Å². The molecule has 8 heteroatoms. The summed E-state index contributed by atoms with van der Waals surface area (Å²) in [7, 11) is -2.44. The Kier molecular flexibility index (Phi) is 9.18. The van der Waals surface area contributed by atoms with Crippen LogP contribution in [0.2, 0.25) is 0 Å². The Morgan fingerprint density at radius 3 is 1.37 bits per heavy atom. The van der Waals surface area contributed by atoms with Crippen LogP contribution >= 0.6 is 7.26 Å². The van der Waals surface area contributed by atoms with Gasteiger partial charge in [0.25, 0.3) is 0 Å². The molecule has 0 aliphatic rings. The predicted molar refractivity (Wildman–Crippen MR) is 169 cm³/mol. The number of hydrogen-bond donors (Lipinski definition) is 4. The van der Waals surface area contributed by atoms with E-state index in [9.17, 15) is 24.9 Å². The van der Waals surface area contributed by atoms with E-state index < -0.39 is 30.5 Å². The number of phenols is 2. The first-order chi connectivity index (χ1) is 20.4. The molecule has 0 radical (unpaired) electrons. The molecule has 0 aromatic heterocycles. The Labute approximate surface area is 250 Å². The second-order valence-electron chi connectivity index (χ2n) is 10.2. The van der Waals surface area contributed by atoms with Crippen molar-refractivity contribution in [3.05, 3.63) is 137 Å². The minimum absolute atomic E-state index is 0.151. The number of aryl methyl sites for hydroxylation is 3. The monoisotopic (exact) mass is 594 g/mol. The maximum atomic E-state index is 11.0. The van der Waals surface area contributed by atoms with Gasteiger partial charge in [0.15, 0.2) is 11.1 Å². The highest BCUT2D eigenvalue weighted by atomic mass is 31.2. The zero-order chi connectivity index (χ0) is 31.3. The molecule has 0 aliphatic carbocycles. The molecule has 4 N–H and O–H groups in total. The number of aromatic hydroxyl groups is 2. The Morgan fingerprint density at radius 1 is 0.558 bits per heavy atom. The fourth-order valence-corrected chi connectivity index (χ4v) is 9.10. The third-order valence-corrected chi connectivity index (χ3v) is 11.3. The molecule has 43 heavy (non-hydrogen) atoms. The first-order valence-corrected chi connectivity index (χ1v) is 15.1. The zero-order valence-corrected chi connectivity index (χ0v) is 24.7. The van der Waals surface area contributed by atoms with E-state index in [-0.39, 0.29) is 17.1 Å². The molecule has 5 aromatic carbocycles. The van der Waals surface area contributed by atoms with Crippen molar-refractivity contribution in [2.45, 2.75) is 20.8 Å². The van der Waals surface area contributed by atoms with Crippen LogP contribution in [0.15, 0.2) is 109 Å². The fourth-order valence-electron chi connectivity index (χ4n) is 4.84. The lowest BCUT2D eigenvalue weighted by Gasteiger charge is -2.28. The van der Waals surface area contributed by atoms with E-state index in [0.717, 1.165) is 39.4 Å². The van der Waals surface area contributed by atoms with Gasteiger partial charge in [-0.05, 0) is 75.4 Å². The van der Waals surface area contributed by atoms with E-state index in [0.29, 0.717) is 0 Å². The highest BCUT2D eigenvalue weighted by Crippen LogP contribution is 2.56. The molecule has 0 atom stereocenters. The lowest BCUT2D eigenvalue weighted by atomic mass is 10.1. The van der Waals surface area contributed by atoms with Gasteiger partial charge in [0.05, 0.1) is 11.1 Å². The molecule has 7 nitrogen and oxygen atoms in total. The number of phenolic OH excluding ortho intramolecular Hbond substituents is 2. The summed E-state index contributed by atoms with van der Waals surface area (Å²) in [5.74, 6) is -2.96. The van der Waals surface area contributed by atoms with Crippen molar-refractivity contribution in [2.75, 3.05) is 0 Å². The van der Waals surface area contributed by atoms with Crippen LogP contribution in [0.25, 0.3) is 0 Å². The van der Waals surface area contributed by atoms with Crippen LogP contribution in [0.4, 0.5) is 0 Å². The maximum Gasteiger partial charge on any atom is 0.336 e. The molecule has 0 bridgehead atoms. The number of aromatic carboxylic acids is 2. The summed E-state index contributed by atoms with van der Waals surface area (Å²) < 4.78 is 0. The van der Waals surface area contributed by atoms with Crippen molar-refractivity contribution >= 4 is 40.4 Å². The van der Waals surface area contributed by atoms with Crippen LogP contribution in [-0.4, -0.2) is 32.4 Å². The van der Waals surface area contributed by atoms with Gasteiger partial charge in [0, 0.05) is 6.07 Å². The largest absolute Gasteiger partial charge is 0.872 e. The van der Waals surface area contributed by atoms with Gasteiger partial charge in [-0.1, -0.05) is 65.2 Å². The molecule has 0 unspecified atom stereocenters. The quantitative estimate of drug-likeness (QED) is 0.164. The molecule has 0 aliphatic heterocycles. The van der Waals surface area contributed by atoms with E-state index in [1.165, 1.54) is 22.8 Å². The van der Waals surface area contributed by atoms with Gasteiger partial charge in [-0.2, -0.15) is 0 Å². The molecule has 0 saturated carbocycles. The van der Waals surface area contributed by atoms with Crippen LogP contribution in [0.1, 0.15) is 37.4 Å². The Bertz CT molecular complexity index is 1650. The molecule has 5 aromatic rings. The predicted octanol–water partition coefficient (Wildman–Crippen LogP) is 4.80. The smallest absolute Gasteiger partial charge is 0.336 e. The van der Waals surface area contributed by atoms with Crippen molar-refractivity contribution in [3.63, 3.8) is 0 Å². The summed E-state index contributed by atoms with van der Waals surface area (Å²) in [6, 6.07) is 33.3. The first kappa shape index (κ1) is 30.8. The summed E-state index contributed by atoms with van der Waals surface area (Å²) in [5, 5.41) is 53.4. The average Bonchev–Trinajstić information content (AvgIpc) is 2.98. The number of carbonyl (C=O) groups is 2. The average molecular weight is 595 g/mol. The SMILES string of the molecule is Cc1ccc([P+](c2ccc(C)cc2)(c2ccc(C)cc2)c2cc(O)ccc2O)cc1.O=C(O)c1ccc([O-])cc1C(=O)O. The van der Waals surface area contributed by atoms with Crippen LogP contribution < -0.4 is 26.3 Å². The van der Waals surface area contributed by atoms with Gasteiger partial charge in [0.2, 0.25) is 0 Å². The molecule has 0 spiro atoms. The van der Waals surface area contributed by atoms with Gasteiger partial charge in [-0.15, -0.1) is 5.75 Å². The molecule has 5 rings (SSSR count). The number of benzene rings is 5. The molecule has 218 valence electrons. The lowest BCUT2D eigenvalue weighted by molar-refractivity contribution is -0.268. The van der Waals surface area contributed by atoms with E-state index in [2.05, 4.69) is 93.6 Å². The molecule has 0 fully saturated rings. The summed E-state index contributed by atoms with van der Waals surface area (Å²) in [6.45, 7) is 6.23. The van der Waals surface area contributed by atoms with Crippen molar-refractivity contribution in [3.8, 4) is 17.2 Å². The van der Waals surface area contributed by atoms with Crippen molar-refractivity contribution in [2.24, 2.45) is 0 Å². The van der Waals surface area contributed by atoms with Crippen molar-refractivity contribution in [1.82, 2.24) is 0 Å². The van der Waals surface area contributed by atoms with Crippen molar-refractivity contribution in [1.29, 1.82) is 0 Å². The molecule has 0 saturated heterocycles. The van der Waals surface area contributed by atoms with Crippen LogP contribution in [0.3, 0.4) is 0 Å². The van der Waals surface area contributed by atoms with E-state index in [1.54, 1.807) is 12.1 Å². The van der Waals surface area contributed by atoms with Crippen LogP contribution in [0, 0.1) is 20.8 Å². The number of hydrogen-bond acceptors (Lipinski definition) is 5. The molecular formula is C35H31O7P. The number of rotatable bonds is 6. The Morgan fingerprint density at radius 2 is 0.977 bits per heavy atom. The number of carboxylic acids is 2. The van der Waals surface area contributed by atoms with Gasteiger partial charge < -0.3 is 25.5 Å². The second-order valence-corrected chi connectivity index (χ2v) is 13.5. The van der Waals surface area contributed by atoms with Crippen LogP contribution in [-0.2, 0) is 0 Å². The topological polar surface area (TPSA) is 138 Å². The van der Waals surface area contributed by atoms with Crippen molar-refractivity contribution < 1.29 is 35.1 Å². The van der Waals surface area contributed by atoms with Gasteiger partial charge in [-0.3, -0.25) is 0 Å². The van der Waals surface area contributed by atoms with Gasteiger partial charge in [0.1, 0.15) is 28.9 Å². The van der Waals surface area contributed by atoms with Crippen LogP contribution in [0.5, 0.6) is 17.2 Å². The minimum atomic E-state index is -2.44. The highest BCUT2D eigenvalue weighted by molar-refractivity contribution is 8.01. The maximum absolute atomic E-state index is 11.0. The third kappa shape index (κ3) is 6.53. The third-order valence-electron chi connectivity index (χ3n) is 7.04.